The first-order valence-electron chi connectivity index (χ1n) is 11.5. The molecular weight excluding hydrogens is 450 g/mol. The van der Waals surface area contributed by atoms with Crippen molar-refractivity contribution < 1.29 is 18.0 Å². The minimum Gasteiger partial charge on any atom is -0.352 e. The zero-order valence-corrected chi connectivity index (χ0v) is 22.1. The maximum atomic E-state index is 13.7. The summed E-state index contributed by atoms with van der Waals surface area (Å²) in [5.41, 5.74) is 4.00. The van der Waals surface area contributed by atoms with Crippen molar-refractivity contribution in [1.82, 2.24) is 10.2 Å². The number of sulfonamides is 1. The fourth-order valence-electron chi connectivity index (χ4n) is 3.85. The number of anilines is 1. The largest absolute Gasteiger partial charge is 0.352 e. The number of carbonyl (C=O) groups excluding carboxylic acids is 2. The van der Waals surface area contributed by atoms with Gasteiger partial charge in [0.1, 0.15) is 12.6 Å². The second-order valence-corrected chi connectivity index (χ2v) is 11.0. The number of rotatable bonds is 10. The predicted octanol–water partition coefficient (Wildman–Crippen LogP) is 3.71. The van der Waals surface area contributed by atoms with Crippen LogP contribution in [0.1, 0.15) is 49.4 Å². The molecule has 7 nitrogen and oxygen atoms in total. The summed E-state index contributed by atoms with van der Waals surface area (Å²) in [6, 6.07) is 12.4. The second kappa shape index (κ2) is 11.5. The quantitative estimate of drug-likeness (QED) is 0.554. The van der Waals surface area contributed by atoms with E-state index in [-0.39, 0.29) is 25.0 Å². The Labute approximate surface area is 204 Å². The van der Waals surface area contributed by atoms with Crippen LogP contribution in [-0.2, 0) is 26.2 Å². The van der Waals surface area contributed by atoms with E-state index in [4.69, 9.17) is 0 Å². The lowest BCUT2D eigenvalue weighted by Gasteiger charge is -2.34. The Morgan fingerprint density at radius 1 is 1.00 bits per heavy atom. The molecule has 1 N–H and O–H groups in total. The molecule has 0 aliphatic carbocycles. The summed E-state index contributed by atoms with van der Waals surface area (Å²) in [4.78, 5) is 28.2. The molecule has 0 spiro atoms. The lowest BCUT2D eigenvalue weighted by atomic mass is 10.1. The topological polar surface area (TPSA) is 86.8 Å². The molecule has 0 aliphatic rings. The second-order valence-electron chi connectivity index (χ2n) is 9.10. The summed E-state index contributed by atoms with van der Waals surface area (Å²) in [5, 5.41) is 2.90. The maximum Gasteiger partial charge on any atom is 0.244 e. The van der Waals surface area contributed by atoms with Crippen LogP contribution in [0.25, 0.3) is 0 Å². The van der Waals surface area contributed by atoms with Crippen LogP contribution in [0.15, 0.2) is 42.5 Å². The van der Waals surface area contributed by atoms with Crippen LogP contribution in [0.5, 0.6) is 0 Å². The van der Waals surface area contributed by atoms with Crippen molar-refractivity contribution in [3.63, 3.8) is 0 Å². The van der Waals surface area contributed by atoms with Gasteiger partial charge in [-0.1, -0.05) is 43.3 Å². The Kier molecular flexibility index (Phi) is 9.27. The third-order valence-corrected chi connectivity index (χ3v) is 6.86. The van der Waals surface area contributed by atoms with Crippen molar-refractivity contribution in [2.75, 3.05) is 17.1 Å². The van der Waals surface area contributed by atoms with Gasteiger partial charge in [-0.2, -0.15) is 0 Å². The standard InChI is InChI=1S/C26H37N3O4S/c1-8-23(26(31)27-18(2)3)28(16-22-12-10-9-11-20(22)5)25(30)17-29(34(7,32)33)24-15-19(4)13-14-21(24)6/h9-15,18,23H,8,16-17H2,1-7H3,(H,27,31)/t23-/m0/s1. The van der Waals surface area contributed by atoms with Gasteiger partial charge in [-0.25, -0.2) is 8.42 Å². The number of aryl methyl sites for hydroxylation is 3. The molecule has 1 atom stereocenters. The van der Waals surface area contributed by atoms with Gasteiger partial charge in [0.15, 0.2) is 0 Å². The minimum atomic E-state index is -3.75. The molecule has 186 valence electrons. The lowest BCUT2D eigenvalue weighted by Crippen LogP contribution is -2.53. The molecule has 2 aromatic rings. The number of nitrogens with one attached hydrogen (secondary N) is 1. The van der Waals surface area contributed by atoms with Gasteiger partial charge in [0.2, 0.25) is 21.8 Å². The maximum absolute atomic E-state index is 13.7. The Morgan fingerprint density at radius 2 is 1.65 bits per heavy atom. The van der Waals surface area contributed by atoms with E-state index in [0.717, 1.165) is 32.8 Å². The average Bonchev–Trinajstić information content (AvgIpc) is 2.73. The molecule has 0 heterocycles. The Hall–Kier alpha value is -2.87. The average molecular weight is 488 g/mol. The summed E-state index contributed by atoms with van der Waals surface area (Å²) >= 11 is 0. The summed E-state index contributed by atoms with van der Waals surface area (Å²) in [5.74, 6) is -0.683. The highest BCUT2D eigenvalue weighted by atomic mass is 32.2. The first kappa shape index (κ1) is 27.4. The van der Waals surface area contributed by atoms with E-state index in [0.29, 0.717) is 12.1 Å². The molecule has 0 aromatic heterocycles. The Balaban J connectivity index is 2.50. The van der Waals surface area contributed by atoms with E-state index >= 15 is 0 Å². The highest BCUT2D eigenvalue weighted by Gasteiger charge is 2.32. The van der Waals surface area contributed by atoms with E-state index in [1.54, 1.807) is 6.07 Å². The number of nitrogens with zero attached hydrogens (tertiary/aromatic N) is 2. The van der Waals surface area contributed by atoms with Gasteiger partial charge in [-0.05, 0) is 69.4 Å². The summed E-state index contributed by atoms with van der Waals surface area (Å²) in [6.07, 6.45) is 1.50. The zero-order chi connectivity index (χ0) is 25.6. The monoisotopic (exact) mass is 487 g/mol. The van der Waals surface area contributed by atoms with Crippen molar-refractivity contribution in [1.29, 1.82) is 0 Å². The number of amides is 2. The van der Waals surface area contributed by atoms with Crippen LogP contribution in [0.4, 0.5) is 5.69 Å². The molecule has 0 unspecified atom stereocenters. The molecule has 2 amide bonds. The van der Waals surface area contributed by atoms with Crippen molar-refractivity contribution in [2.24, 2.45) is 0 Å². The number of benzene rings is 2. The molecular formula is C26H37N3O4S. The first-order chi connectivity index (χ1) is 15.8. The van der Waals surface area contributed by atoms with Crippen molar-refractivity contribution in [3.8, 4) is 0 Å². The van der Waals surface area contributed by atoms with Gasteiger partial charge in [-0.15, -0.1) is 0 Å². The van der Waals surface area contributed by atoms with Gasteiger partial charge in [-0.3, -0.25) is 13.9 Å². The summed E-state index contributed by atoms with van der Waals surface area (Å²) in [6.45, 7) is 11.0. The van der Waals surface area contributed by atoms with E-state index in [1.165, 1.54) is 4.90 Å². The normalized spacial score (nSPS) is 12.4. The van der Waals surface area contributed by atoms with Crippen LogP contribution in [0.2, 0.25) is 0 Å². The smallest absolute Gasteiger partial charge is 0.244 e. The number of carbonyl (C=O) groups is 2. The van der Waals surface area contributed by atoms with Crippen molar-refractivity contribution in [2.45, 2.75) is 66.6 Å². The summed E-state index contributed by atoms with van der Waals surface area (Å²) in [7, 11) is -3.75. The SMILES string of the molecule is CC[C@@H](C(=O)NC(C)C)N(Cc1ccccc1C)C(=O)CN(c1cc(C)ccc1C)S(C)(=O)=O. The van der Waals surface area contributed by atoms with E-state index in [2.05, 4.69) is 5.32 Å². The van der Waals surface area contributed by atoms with E-state index in [1.807, 2.05) is 77.9 Å². The Bertz CT molecular complexity index is 1130. The lowest BCUT2D eigenvalue weighted by molar-refractivity contribution is -0.140. The predicted molar refractivity (Wildman–Crippen MR) is 137 cm³/mol. The number of hydrogen-bond donors (Lipinski definition) is 1. The van der Waals surface area contributed by atoms with Crippen LogP contribution >= 0.6 is 0 Å². The third-order valence-electron chi connectivity index (χ3n) is 5.73. The van der Waals surface area contributed by atoms with E-state index in [9.17, 15) is 18.0 Å². The van der Waals surface area contributed by atoms with Crippen LogP contribution < -0.4 is 9.62 Å². The fourth-order valence-corrected chi connectivity index (χ4v) is 4.75. The summed E-state index contributed by atoms with van der Waals surface area (Å²) < 4.78 is 26.7. The molecule has 2 rings (SSSR count). The van der Waals surface area contributed by atoms with Crippen molar-refractivity contribution in [3.05, 3.63) is 64.7 Å². The zero-order valence-electron chi connectivity index (χ0n) is 21.3. The molecule has 0 fully saturated rings. The molecule has 0 bridgehead atoms. The minimum absolute atomic E-state index is 0.0839. The Morgan fingerprint density at radius 3 is 2.21 bits per heavy atom. The van der Waals surface area contributed by atoms with Gasteiger partial charge in [0, 0.05) is 12.6 Å². The first-order valence-corrected chi connectivity index (χ1v) is 13.4. The molecule has 0 saturated heterocycles. The molecule has 8 heteroatoms. The molecule has 0 saturated carbocycles. The van der Waals surface area contributed by atoms with Gasteiger partial charge in [0.05, 0.1) is 11.9 Å². The highest BCUT2D eigenvalue weighted by Crippen LogP contribution is 2.25. The van der Waals surface area contributed by atoms with Crippen molar-refractivity contribution >= 4 is 27.5 Å². The van der Waals surface area contributed by atoms with Gasteiger partial charge >= 0.3 is 0 Å². The van der Waals surface area contributed by atoms with Gasteiger partial charge in [0.25, 0.3) is 0 Å². The third kappa shape index (κ3) is 7.06. The molecule has 0 radical (unpaired) electrons. The molecule has 0 aliphatic heterocycles. The number of hydrogen-bond acceptors (Lipinski definition) is 4. The van der Waals surface area contributed by atoms with Crippen LogP contribution in [0.3, 0.4) is 0 Å². The van der Waals surface area contributed by atoms with Crippen LogP contribution in [0, 0.1) is 20.8 Å². The van der Waals surface area contributed by atoms with Crippen LogP contribution in [-0.4, -0.2) is 50.0 Å². The molecule has 34 heavy (non-hydrogen) atoms. The highest BCUT2D eigenvalue weighted by molar-refractivity contribution is 7.92. The van der Waals surface area contributed by atoms with Gasteiger partial charge < -0.3 is 10.2 Å². The fraction of sp³-hybridized carbons (Fsp3) is 0.462. The molecule has 2 aromatic carbocycles. The van der Waals surface area contributed by atoms with E-state index < -0.39 is 22.0 Å².